The van der Waals surface area contributed by atoms with E-state index in [1.807, 2.05) is 6.92 Å². The minimum absolute atomic E-state index is 0.0632. The van der Waals surface area contributed by atoms with Crippen LogP contribution in [-0.2, 0) is 27.3 Å². The zero-order valence-corrected chi connectivity index (χ0v) is 16.1. The van der Waals surface area contributed by atoms with E-state index in [1.54, 1.807) is 14.0 Å². The first kappa shape index (κ1) is 19.3. The van der Waals surface area contributed by atoms with Gasteiger partial charge in [0.1, 0.15) is 23.7 Å². The minimum atomic E-state index is -0.497. The Hall–Kier alpha value is -2.50. The maximum absolute atomic E-state index is 12.0. The molecule has 1 heterocycles. The second kappa shape index (κ2) is 8.03. The van der Waals surface area contributed by atoms with Crippen molar-refractivity contribution in [3.05, 3.63) is 33.9 Å². The summed E-state index contributed by atoms with van der Waals surface area (Å²) in [5.74, 6) is 0.0285. The summed E-state index contributed by atoms with van der Waals surface area (Å²) in [6.07, 6.45) is 5.81. The number of allylic oxidation sites excluding steroid dienone is 2. The van der Waals surface area contributed by atoms with Crippen LogP contribution in [-0.4, -0.2) is 30.8 Å². The summed E-state index contributed by atoms with van der Waals surface area (Å²) in [6, 6.07) is 0. The van der Waals surface area contributed by atoms with Crippen LogP contribution in [0.25, 0.3) is 0 Å². The number of methoxy groups -OCH3 is 1. The van der Waals surface area contributed by atoms with Gasteiger partial charge in [-0.1, -0.05) is 11.6 Å². The molecular weight excluding hydrogens is 348 g/mol. The number of ether oxygens (including phenoxy) is 3. The molecule has 27 heavy (non-hydrogen) atoms. The highest BCUT2D eigenvalue weighted by molar-refractivity contribution is 5.98. The third kappa shape index (κ3) is 3.66. The van der Waals surface area contributed by atoms with Crippen LogP contribution in [0.2, 0.25) is 0 Å². The molecule has 6 nitrogen and oxygen atoms in total. The third-order valence-corrected chi connectivity index (χ3v) is 5.48. The van der Waals surface area contributed by atoms with E-state index in [0.29, 0.717) is 36.3 Å². The molecule has 0 spiro atoms. The van der Waals surface area contributed by atoms with Gasteiger partial charge in [-0.2, -0.15) is 0 Å². The molecule has 6 heteroatoms. The Kier molecular flexibility index (Phi) is 5.73. The summed E-state index contributed by atoms with van der Waals surface area (Å²) in [6.45, 7) is 4.22. The summed E-state index contributed by atoms with van der Waals surface area (Å²) >= 11 is 0. The van der Waals surface area contributed by atoms with Crippen LogP contribution in [0.5, 0.6) is 11.5 Å². The van der Waals surface area contributed by atoms with Crippen LogP contribution in [0.4, 0.5) is 0 Å². The van der Waals surface area contributed by atoms with Crippen LogP contribution < -0.4 is 4.74 Å². The summed E-state index contributed by atoms with van der Waals surface area (Å²) in [4.78, 5) is 23.8. The third-order valence-electron chi connectivity index (χ3n) is 5.48. The zero-order valence-electron chi connectivity index (χ0n) is 16.1. The smallest absolute Gasteiger partial charge is 0.342 e. The predicted octanol–water partition coefficient (Wildman–Crippen LogP) is 3.60. The highest BCUT2D eigenvalue weighted by Gasteiger charge is 2.32. The van der Waals surface area contributed by atoms with Crippen molar-refractivity contribution in [3.8, 4) is 11.5 Å². The maximum Gasteiger partial charge on any atom is 0.342 e. The van der Waals surface area contributed by atoms with Crippen molar-refractivity contribution in [2.75, 3.05) is 13.7 Å². The quantitative estimate of drug-likeness (QED) is 0.605. The molecule has 3 rings (SSSR count). The Bertz CT molecular complexity index is 793. The van der Waals surface area contributed by atoms with Gasteiger partial charge >= 0.3 is 11.9 Å². The molecule has 1 aromatic rings. The number of fused-ring (bicyclic) bond motifs is 1. The van der Waals surface area contributed by atoms with Gasteiger partial charge in [-0.15, -0.1) is 0 Å². The number of cyclic esters (lactones) is 1. The van der Waals surface area contributed by atoms with Gasteiger partial charge in [-0.05, 0) is 51.0 Å². The van der Waals surface area contributed by atoms with E-state index in [4.69, 9.17) is 14.2 Å². The van der Waals surface area contributed by atoms with Gasteiger partial charge in [0, 0.05) is 11.1 Å². The molecule has 0 amide bonds. The van der Waals surface area contributed by atoms with E-state index in [2.05, 4.69) is 6.08 Å². The maximum atomic E-state index is 12.0. The van der Waals surface area contributed by atoms with Crippen molar-refractivity contribution in [3.63, 3.8) is 0 Å². The Morgan fingerprint density at radius 2 is 2.19 bits per heavy atom. The van der Waals surface area contributed by atoms with E-state index in [-0.39, 0.29) is 29.8 Å². The molecule has 0 bridgehead atoms. The standard InChI is InChI=1S/C21H26O6/c1-4-26-17(22)10-14-7-5-6-13(14)8-9-15-19(23)18-16(11-27-21(18)24)12(2)20(15)25-3/h8,14,23H,4-7,9-11H2,1-3H3/b13-8+/t14-/m0/s1. The number of benzene rings is 1. The number of esters is 2. The zero-order chi connectivity index (χ0) is 19.6. The lowest BCUT2D eigenvalue weighted by atomic mass is 9.93. The van der Waals surface area contributed by atoms with Crippen molar-refractivity contribution in [2.45, 2.75) is 52.6 Å². The van der Waals surface area contributed by atoms with Crippen LogP contribution in [0.15, 0.2) is 11.6 Å². The first-order chi connectivity index (χ1) is 13.0. The number of carbonyl (C=O) groups excluding carboxylic acids is 2. The normalized spacial score (nSPS) is 19.9. The lowest BCUT2D eigenvalue weighted by molar-refractivity contribution is -0.143. The Labute approximate surface area is 159 Å². The van der Waals surface area contributed by atoms with Crippen molar-refractivity contribution >= 4 is 11.9 Å². The van der Waals surface area contributed by atoms with Crippen molar-refractivity contribution in [1.29, 1.82) is 0 Å². The number of hydrogen-bond acceptors (Lipinski definition) is 6. The second-order valence-electron chi connectivity index (χ2n) is 7.00. The van der Waals surface area contributed by atoms with Crippen molar-refractivity contribution in [2.24, 2.45) is 5.92 Å². The Balaban J connectivity index is 1.88. The number of carbonyl (C=O) groups is 2. The molecule has 1 atom stereocenters. The van der Waals surface area contributed by atoms with Gasteiger partial charge in [0.15, 0.2) is 0 Å². The molecule has 2 aliphatic rings. The van der Waals surface area contributed by atoms with Crippen LogP contribution in [0.1, 0.15) is 59.7 Å². The molecular formula is C21H26O6. The lowest BCUT2D eigenvalue weighted by Crippen LogP contribution is -2.10. The van der Waals surface area contributed by atoms with Crippen molar-refractivity contribution < 1.29 is 28.9 Å². The fourth-order valence-corrected chi connectivity index (χ4v) is 4.13. The first-order valence-electron chi connectivity index (χ1n) is 9.40. The fraction of sp³-hybridized carbons (Fsp3) is 0.524. The van der Waals surface area contributed by atoms with Gasteiger partial charge in [-0.3, -0.25) is 4.79 Å². The number of rotatable bonds is 6. The average Bonchev–Trinajstić information content (AvgIpc) is 3.23. The Morgan fingerprint density at radius 3 is 2.89 bits per heavy atom. The average molecular weight is 374 g/mol. The van der Waals surface area contributed by atoms with E-state index >= 15 is 0 Å². The SMILES string of the molecule is CCOC(=O)C[C@@H]1CCC/C1=C\Cc1c(O)c2c(c(C)c1OC)COC2=O. The van der Waals surface area contributed by atoms with E-state index in [1.165, 1.54) is 5.57 Å². The van der Waals surface area contributed by atoms with Crippen LogP contribution in [0.3, 0.4) is 0 Å². The van der Waals surface area contributed by atoms with E-state index < -0.39 is 5.97 Å². The lowest BCUT2D eigenvalue weighted by Gasteiger charge is -2.16. The number of aromatic hydroxyl groups is 1. The highest BCUT2D eigenvalue weighted by Crippen LogP contribution is 2.42. The minimum Gasteiger partial charge on any atom is -0.507 e. The highest BCUT2D eigenvalue weighted by atomic mass is 16.5. The molecule has 1 aromatic carbocycles. The van der Waals surface area contributed by atoms with E-state index in [0.717, 1.165) is 24.8 Å². The molecule has 146 valence electrons. The molecule has 1 N–H and O–H groups in total. The summed E-state index contributed by atoms with van der Waals surface area (Å²) in [5, 5.41) is 10.7. The molecule has 0 unspecified atom stereocenters. The van der Waals surface area contributed by atoms with E-state index in [9.17, 15) is 14.7 Å². The van der Waals surface area contributed by atoms with Crippen LogP contribution in [0, 0.1) is 12.8 Å². The molecule has 0 aromatic heterocycles. The number of hydrogen-bond donors (Lipinski definition) is 1. The number of phenols is 1. The van der Waals surface area contributed by atoms with Crippen molar-refractivity contribution in [1.82, 2.24) is 0 Å². The second-order valence-corrected chi connectivity index (χ2v) is 7.00. The molecule has 0 saturated heterocycles. The number of phenolic OH excluding ortho intramolecular Hbond substituents is 1. The molecule has 0 radical (unpaired) electrons. The summed E-state index contributed by atoms with van der Waals surface area (Å²) in [7, 11) is 1.56. The molecule has 1 aliphatic heterocycles. The molecule has 1 fully saturated rings. The van der Waals surface area contributed by atoms with Gasteiger partial charge < -0.3 is 19.3 Å². The first-order valence-corrected chi connectivity index (χ1v) is 9.40. The Morgan fingerprint density at radius 1 is 1.41 bits per heavy atom. The van der Waals surface area contributed by atoms with Gasteiger partial charge in [0.2, 0.25) is 0 Å². The summed E-state index contributed by atoms with van der Waals surface area (Å²) in [5.41, 5.74) is 3.54. The van der Waals surface area contributed by atoms with Crippen LogP contribution >= 0.6 is 0 Å². The largest absolute Gasteiger partial charge is 0.507 e. The van der Waals surface area contributed by atoms with Gasteiger partial charge in [-0.25, -0.2) is 4.79 Å². The monoisotopic (exact) mass is 374 g/mol. The van der Waals surface area contributed by atoms with Gasteiger partial charge in [0.05, 0.1) is 20.1 Å². The van der Waals surface area contributed by atoms with Gasteiger partial charge in [0.25, 0.3) is 0 Å². The summed E-state index contributed by atoms with van der Waals surface area (Å²) < 4.78 is 15.7. The molecule has 1 aliphatic carbocycles. The topological polar surface area (TPSA) is 82.1 Å². The molecule has 1 saturated carbocycles. The predicted molar refractivity (Wildman–Crippen MR) is 98.9 cm³/mol. The fourth-order valence-electron chi connectivity index (χ4n) is 4.13.